The summed E-state index contributed by atoms with van der Waals surface area (Å²) in [7, 11) is 0. The van der Waals surface area contributed by atoms with Crippen molar-refractivity contribution >= 4 is 39.9 Å². The summed E-state index contributed by atoms with van der Waals surface area (Å²) >= 11 is 8.45. The standard InChI is InChI=1S/C13H14ClIN4/c14-10-7-9(15)4-5-11(10)16-8-13-18-17-12-3-1-2-6-19(12)13/h4-5,7,16H,1-3,6,8H2. The second-order valence-corrected chi connectivity index (χ2v) is 6.27. The molecule has 0 radical (unpaired) electrons. The van der Waals surface area contributed by atoms with Crippen LogP contribution >= 0.6 is 34.2 Å². The number of nitrogens with one attached hydrogen (secondary N) is 1. The van der Waals surface area contributed by atoms with Gasteiger partial charge in [-0.15, -0.1) is 10.2 Å². The third kappa shape index (κ3) is 2.86. The molecule has 0 unspecified atom stereocenters. The van der Waals surface area contributed by atoms with Gasteiger partial charge >= 0.3 is 0 Å². The van der Waals surface area contributed by atoms with Crippen LogP contribution in [-0.2, 0) is 19.5 Å². The molecule has 2 heterocycles. The van der Waals surface area contributed by atoms with Gasteiger partial charge in [-0.05, 0) is 53.6 Å². The molecule has 4 nitrogen and oxygen atoms in total. The van der Waals surface area contributed by atoms with Crippen LogP contribution < -0.4 is 5.32 Å². The fourth-order valence-electron chi connectivity index (χ4n) is 2.31. The maximum atomic E-state index is 6.20. The van der Waals surface area contributed by atoms with Crippen molar-refractivity contribution in [1.82, 2.24) is 14.8 Å². The molecule has 0 spiro atoms. The number of rotatable bonds is 3. The third-order valence-electron chi connectivity index (χ3n) is 3.30. The SMILES string of the molecule is Clc1cc(I)ccc1NCc1nnc2n1CCCC2. The first-order valence-electron chi connectivity index (χ1n) is 6.34. The Morgan fingerprint density at radius 2 is 2.21 bits per heavy atom. The largest absolute Gasteiger partial charge is 0.377 e. The molecular weight excluding hydrogens is 375 g/mol. The molecule has 0 fully saturated rings. The highest BCUT2D eigenvalue weighted by atomic mass is 127. The summed E-state index contributed by atoms with van der Waals surface area (Å²) in [4.78, 5) is 0. The lowest BCUT2D eigenvalue weighted by molar-refractivity contribution is 0.510. The van der Waals surface area contributed by atoms with E-state index in [2.05, 4.69) is 42.7 Å². The molecule has 1 aromatic heterocycles. The van der Waals surface area contributed by atoms with Gasteiger partial charge in [0.15, 0.2) is 5.82 Å². The predicted molar refractivity (Wildman–Crippen MR) is 84.5 cm³/mol. The lowest BCUT2D eigenvalue weighted by Crippen LogP contribution is -2.15. The molecule has 0 saturated heterocycles. The smallest absolute Gasteiger partial charge is 0.152 e. The van der Waals surface area contributed by atoms with Crippen LogP contribution in [0.25, 0.3) is 0 Å². The fourth-order valence-corrected chi connectivity index (χ4v) is 3.23. The van der Waals surface area contributed by atoms with Crippen LogP contribution in [0, 0.1) is 3.57 Å². The summed E-state index contributed by atoms with van der Waals surface area (Å²) in [5, 5.41) is 12.6. The molecule has 2 aromatic rings. The zero-order valence-electron chi connectivity index (χ0n) is 10.4. The van der Waals surface area contributed by atoms with Gasteiger partial charge in [-0.2, -0.15) is 0 Å². The second kappa shape index (κ2) is 5.66. The van der Waals surface area contributed by atoms with Gasteiger partial charge in [0, 0.05) is 16.5 Å². The summed E-state index contributed by atoms with van der Waals surface area (Å²) in [6.07, 6.45) is 3.47. The van der Waals surface area contributed by atoms with Gasteiger partial charge in [-0.3, -0.25) is 0 Å². The summed E-state index contributed by atoms with van der Waals surface area (Å²) in [6, 6.07) is 5.98. The molecule has 6 heteroatoms. The van der Waals surface area contributed by atoms with E-state index in [0.717, 1.165) is 38.9 Å². The molecule has 0 bridgehead atoms. The predicted octanol–water partition coefficient (Wildman–Crippen LogP) is 3.48. The topological polar surface area (TPSA) is 42.7 Å². The average molecular weight is 389 g/mol. The first-order valence-corrected chi connectivity index (χ1v) is 7.79. The minimum Gasteiger partial charge on any atom is -0.377 e. The van der Waals surface area contributed by atoms with Gasteiger partial charge in [0.1, 0.15) is 5.82 Å². The molecule has 1 aliphatic rings. The normalized spacial score (nSPS) is 14.2. The number of fused-ring (bicyclic) bond motifs is 1. The van der Waals surface area contributed by atoms with Crippen LogP contribution in [0.15, 0.2) is 18.2 Å². The maximum absolute atomic E-state index is 6.20. The van der Waals surface area contributed by atoms with Crippen LogP contribution in [-0.4, -0.2) is 14.8 Å². The van der Waals surface area contributed by atoms with Crippen LogP contribution in [0.3, 0.4) is 0 Å². The molecular formula is C13H14ClIN4. The van der Waals surface area contributed by atoms with E-state index < -0.39 is 0 Å². The number of nitrogens with zero attached hydrogens (tertiary/aromatic N) is 3. The van der Waals surface area contributed by atoms with Crippen molar-refractivity contribution in [2.24, 2.45) is 0 Å². The van der Waals surface area contributed by atoms with Gasteiger partial charge in [0.2, 0.25) is 0 Å². The van der Waals surface area contributed by atoms with Crippen LogP contribution in [0.2, 0.25) is 5.02 Å². The van der Waals surface area contributed by atoms with Gasteiger partial charge in [-0.25, -0.2) is 0 Å². The number of halogens is 2. The maximum Gasteiger partial charge on any atom is 0.152 e. The molecule has 0 amide bonds. The molecule has 19 heavy (non-hydrogen) atoms. The van der Waals surface area contributed by atoms with E-state index in [9.17, 15) is 0 Å². The molecule has 3 rings (SSSR count). The lowest BCUT2D eigenvalue weighted by Gasteiger charge is -2.15. The second-order valence-electron chi connectivity index (χ2n) is 4.62. The van der Waals surface area contributed by atoms with Crippen molar-refractivity contribution in [3.05, 3.63) is 38.4 Å². The Kier molecular flexibility index (Phi) is 3.93. The lowest BCUT2D eigenvalue weighted by atomic mass is 10.2. The Bertz CT molecular complexity index is 596. The Hall–Kier alpha value is -0.820. The van der Waals surface area contributed by atoms with Crippen molar-refractivity contribution in [3.63, 3.8) is 0 Å². The number of hydrogen-bond acceptors (Lipinski definition) is 3. The Balaban J connectivity index is 1.74. The highest BCUT2D eigenvalue weighted by Crippen LogP contribution is 2.24. The van der Waals surface area contributed by atoms with Crippen molar-refractivity contribution in [3.8, 4) is 0 Å². The zero-order chi connectivity index (χ0) is 13.2. The molecule has 0 saturated carbocycles. The highest BCUT2D eigenvalue weighted by molar-refractivity contribution is 14.1. The number of aromatic nitrogens is 3. The third-order valence-corrected chi connectivity index (χ3v) is 4.29. The average Bonchev–Trinajstić information content (AvgIpc) is 2.81. The monoisotopic (exact) mass is 388 g/mol. The van der Waals surface area contributed by atoms with Gasteiger partial charge in [0.25, 0.3) is 0 Å². The molecule has 1 N–H and O–H groups in total. The van der Waals surface area contributed by atoms with Crippen LogP contribution in [0.1, 0.15) is 24.5 Å². The van der Waals surface area contributed by atoms with Crippen LogP contribution in [0.5, 0.6) is 0 Å². The van der Waals surface area contributed by atoms with E-state index in [1.54, 1.807) is 0 Å². The van der Waals surface area contributed by atoms with E-state index in [0.29, 0.717) is 6.54 Å². The first-order chi connectivity index (χ1) is 9.24. The van der Waals surface area contributed by atoms with Crippen LogP contribution in [0.4, 0.5) is 5.69 Å². The van der Waals surface area contributed by atoms with Crippen molar-refractivity contribution < 1.29 is 0 Å². The van der Waals surface area contributed by atoms with Crippen molar-refractivity contribution in [2.45, 2.75) is 32.4 Å². The summed E-state index contributed by atoms with van der Waals surface area (Å²) < 4.78 is 3.35. The zero-order valence-corrected chi connectivity index (χ0v) is 13.3. The number of benzene rings is 1. The number of anilines is 1. The first kappa shape index (κ1) is 13.2. The molecule has 1 aromatic carbocycles. The highest BCUT2D eigenvalue weighted by Gasteiger charge is 2.15. The summed E-state index contributed by atoms with van der Waals surface area (Å²) in [6.45, 7) is 1.69. The van der Waals surface area contributed by atoms with Gasteiger partial charge in [-0.1, -0.05) is 11.6 Å². The van der Waals surface area contributed by atoms with Crippen molar-refractivity contribution in [2.75, 3.05) is 5.32 Å². The van der Waals surface area contributed by atoms with Gasteiger partial charge < -0.3 is 9.88 Å². The molecule has 0 atom stereocenters. The van der Waals surface area contributed by atoms with E-state index in [-0.39, 0.29) is 0 Å². The molecule has 100 valence electrons. The van der Waals surface area contributed by atoms with Gasteiger partial charge in [0.05, 0.1) is 17.3 Å². The minimum absolute atomic E-state index is 0.660. The Morgan fingerprint density at radius 1 is 1.32 bits per heavy atom. The molecule has 1 aliphatic heterocycles. The van der Waals surface area contributed by atoms with E-state index in [1.807, 2.05) is 18.2 Å². The Labute approximate surface area is 130 Å². The van der Waals surface area contributed by atoms with Crippen molar-refractivity contribution in [1.29, 1.82) is 0 Å². The fraction of sp³-hybridized carbons (Fsp3) is 0.385. The molecule has 0 aliphatic carbocycles. The minimum atomic E-state index is 0.660. The number of hydrogen-bond donors (Lipinski definition) is 1. The Morgan fingerprint density at radius 3 is 3.05 bits per heavy atom. The van der Waals surface area contributed by atoms with E-state index in [1.165, 1.54) is 12.8 Å². The quantitative estimate of drug-likeness (QED) is 0.819. The summed E-state index contributed by atoms with van der Waals surface area (Å²) in [5.74, 6) is 2.10. The van der Waals surface area contributed by atoms with E-state index >= 15 is 0 Å². The summed E-state index contributed by atoms with van der Waals surface area (Å²) in [5.41, 5.74) is 0.940. The van der Waals surface area contributed by atoms with E-state index in [4.69, 9.17) is 11.6 Å². The number of aryl methyl sites for hydroxylation is 1.